The van der Waals surface area contributed by atoms with Gasteiger partial charge in [0, 0.05) is 11.4 Å². The molecular weight excluding hydrogens is 388 g/mol. The maximum absolute atomic E-state index is 12.3. The molecule has 0 unspecified atom stereocenters. The lowest BCUT2D eigenvalue weighted by Crippen LogP contribution is -2.21. The molecule has 0 saturated heterocycles. The average molecular weight is 408 g/mol. The summed E-state index contributed by atoms with van der Waals surface area (Å²) in [6.07, 6.45) is 0. The Bertz CT molecular complexity index is 1020. The van der Waals surface area contributed by atoms with Gasteiger partial charge in [-0.2, -0.15) is 0 Å². The largest absolute Gasteiger partial charge is 0.452 e. The molecule has 0 aliphatic rings. The van der Waals surface area contributed by atoms with Crippen molar-refractivity contribution in [2.24, 2.45) is 0 Å². The van der Waals surface area contributed by atoms with Crippen molar-refractivity contribution in [1.82, 2.24) is 0 Å². The van der Waals surface area contributed by atoms with Crippen LogP contribution in [0.1, 0.15) is 31.2 Å². The lowest BCUT2D eigenvalue weighted by atomic mass is 10.1. The first-order valence-corrected chi connectivity index (χ1v) is 9.79. The normalized spacial score (nSPS) is 10.3. The molecule has 0 atom stereocenters. The van der Waals surface area contributed by atoms with Gasteiger partial charge >= 0.3 is 5.97 Å². The van der Waals surface area contributed by atoms with E-state index >= 15 is 0 Å². The topological polar surface area (TPSA) is 84.5 Å². The molecule has 148 valence electrons. The summed E-state index contributed by atoms with van der Waals surface area (Å²) in [7, 11) is 0. The number of carbonyl (C=O) groups excluding carboxylic acids is 3. The number of amides is 2. The number of nitrogens with one attached hydrogen (secondary N) is 2. The molecule has 0 fully saturated rings. The van der Waals surface area contributed by atoms with E-state index in [-0.39, 0.29) is 11.5 Å². The van der Waals surface area contributed by atoms with Crippen LogP contribution in [0.4, 0.5) is 11.4 Å². The summed E-state index contributed by atoms with van der Waals surface area (Å²) < 4.78 is 5.09. The Hall–Kier alpha value is -3.45. The van der Waals surface area contributed by atoms with Crippen LogP contribution in [0.5, 0.6) is 0 Å². The summed E-state index contributed by atoms with van der Waals surface area (Å²) in [5, 5.41) is 7.25. The van der Waals surface area contributed by atoms with Crippen molar-refractivity contribution in [2.75, 3.05) is 17.2 Å². The molecule has 0 radical (unpaired) electrons. The van der Waals surface area contributed by atoms with Gasteiger partial charge in [0.1, 0.15) is 0 Å². The number of thiophene rings is 1. The number of anilines is 2. The van der Waals surface area contributed by atoms with Gasteiger partial charge in [-0.05, 0) is 66.8 Å². The lowest BCUT2D eigenvalue weighted by molar-refractivity contribution is -0.119. The number of esters is 1. The molecule has 0 saturated carbocycles. The van der Waals surface area contributed by atoms with Gasteiger partial charge in [0.2, 0.25) is 0 Å². The summed E-state index contributed by atoms with van der Waals surface area (Å²) >= 11 is 1.33. The minimum absolute atomic E-state index is 0.244. The molecule has 0 bridgehead atoms. The molecule has 0 spiro atoms. The lowest BCUT2D eigenvalue weighted by Gasteiger charge is -2.09. The van der Waals surface area contributed by atoms with Crippen LogP contribution in [0, 0.1) is 13.8 Å². The molecular formula is C22H20N2O4S. The smallest absolute Gasteiger partial charge is 0.338 e. The highest BCUT2D eigenvalue weighted by Gasteiger charge is 2.13. The second-order valence-corrected chi connectivity index (χ2v) is 7.46. The Morgan fingerprint density at radius 3 is 2.34 bits per heavy atom. The van der Waals surface area contributed by atoms with Crippen LogP contribution in [0.3, 0.4) is 0 Å². The molecule has 3 aromatic rings. The first kappa shape index (κ1) is 20.3. The highest BCUT2D eigenvalue weighted by atomic mass is 32.1. The predicted octanol–water partition coefficient (Wildman–Crippen LogP) is 4.41. The van der Waals surface area contributed by atoms with Crippen molar-refractivity contribution < 1.29 is 19.1 Å². The number of carbonyl (C=O) groups is 3. The van der Waals surface area contributed by atoms with E-state index in [1.54, 1.807) is 30.3 Å². The number of hydrogen-bond acceptors (Lipinski definition) is 5. The van der Waals surface area contributed by atoms with E-state index in [9.17, 15) is 14.4 Å². The summed E-state index contributed by atoms with van der Waals surface area (Å²) in [5.74, 6) is -1.32. The highest BCUT2D eigenvalue weighted by Crippen LogP contribution is 2.16. The van der Waals surface area contributed by atoms with E-state index in [2.05, 4.69) is 10.6 Å². The van der Waals surface area contributed by atoms with Crippen LogP contribution in [0.15, 0.2) is 60.0 Å². The maximum atomic E-state index is 12.3. The van der Waals surface area contributed by atoms with E-state index in [1.165, 1.54) is 17.4 Å². The predicted molar refractivity (Wildman–Crippen MR) is 114 cm³/mol. The van der Waals surface area contributed by atoms with Crippen molar-refractivity contribution in [2.45, 2.75) is 13.8 Å². The summed E-state index contributed by atoms with van der Waals surface area (Å²) in [6, 6.07) is 15.6. The minimum Gasteiger partial charge on any atom is -0.452 e. The first-order valence-electron chi connectivity index (χ1n) is 8.91. The van der Waals surface area contributed by atoms with Gasteiger partial charge in [0.15, 0.2) is 6.61 Å². The van der Waals surface area contributed by atoms with E-state index in [0.717, 1.165) is 11.1 Å². The van der Waals surface area contributed by atoms with Gasteiger partial charge < -0.3 is 15.4 Å². The van der Waals surface area contributed by atoms with E-state index in [4.69, 9.17) is 4.74 Å². The average Bonchev–Trinajstić information content (AvgIpc) is 3.20. The third-order valence-corrected chi connectivity index (χ3v) is 4.81. The van der Waals surface area contributed by atoms with Gasteiger partial charge in [-0.3, -0.25) is 9.59 Å². The van der Waals surface area contributed by atoms with Crippen LogP contribution in [-0.4, -0.2) is 24.4 Å². The van der Waals surface area contributed by atoms with Crippen LogP contribution >= 0.6 is 11.3 Å². The Labute approximate surface area is 172 Å². The van der Waals surface area contributed by atoms with Gasteiger partial charge in [-0.15, -0.1) is 11.3 Å². The molecule has 1 aromatic heterocycles. The highest BCUT2D eigenvalue weighted by molar-refractivity contribution is 7.12. The van der Waals surface area contributed by atoms with Crippen molar-refractivity contribution in [3.05, 3.63) is 81.5 Å². The van der Waals surface area contributed by atoms with Crippen molar-refractivity contribution in [3.63, 3.8) is 0 Å². The molecule has 1 heterocycles. The van der Waals surface area contributed by atoms with Crippen molar-refractivity contribution in [3.8, 4) is 0 Å². The van der Waals surface area contributed by atoms with Crippen LogP contribution in [-0.2, 0) is 9.53 Å². The molecule has 3 rings (SSSR count). The number of benzene rings is 2. The Balaban J connectivity index is 1.56. The monoisotopic (exact) mass is 408 g/mol. The zero-order chi connectivity index (χ0) is 20.8. The number of ether oxygens (including phenoxy) is 1. The van der Waals surface area contributed by atoms with E-state index < -0.39 is 18.5 Å². The molecule has 6 nitrogen and oxygen atoms in total. The molecule has 2 aromatic carbocycles. The zero-order valence-corrected chi connectivity index (χ0v) is 16.8. The first-order chi connectivity index (χ1) is 13.9. The molecule has 29 heavy (non-hydrogen) atoms. The van der Waals surface area contributed by atoms with Crippen LogP contribution in [0.25, 0.3) is 0 Å². The second kappa shape index (κ2) is 9.16. The van der Waals surface area contributed by atoms with Gasteiger partial charge in [0.25, 0.3) is 11.8 Å². The Morgan fingerprint density at radius 1 is 0.897 bits per heavy atom. The van der Waals surface area contributed by atoms with Crippen molar-refractivity contribution >= 4 is 40.5 Å². The Kier molecular flexibility index (Phi) is 6.41. The van der Waals surface area contributed by atoms with E-state index in [0.29, 0.717) is 16.3 Å². The fourth-order valence-electron chi connectivity index (χ4n) is 2.78. The quantitative estimate of drug-likeness (QED) is 0.592. The van der Waals surface area contributed by atoms with Gasteiger partial charge in [-0.25, -0.2) is 4.79 Å². The molecule has 0 aliphatic heterocycles. The number of rotatable bonds is 6. The molecule has 0 aliphatic carbocycles. The minimum atomic E-state index is -0.646. The van der Waals surface area contributed by atoms with Gasteiger partial charge in [0.05, 0.1) is 10.4 Å². The zero-order valence-electron chi connectivity index (χ0n) is 16.0. The molecule has 2 amide bonds. The number of aryl methyl sites for hydroxylation is 2. The van der Waals surface area contributed by atoms with Crippen LogP contribution < -0.4 is 10.6 Å². The summed E-state index contributed by atoms with van der Waals surface area (Å²) in [6.45, 7) is 3.47. The van der Waals surface area contributed by atoms with Crippen molar-refractivity contribution in [1.29, 1.82) is 0 Å². The van der Waals surface area contributed by atoms with Gasteiger partial charge in [-0.1, -0.05) is 18.2 Å². The SMILES string of the molecule is Cc1cc(C)cc(NC(=O)COC(=O)c2cccc(NC(=O)c3cccs3)c2)c1. The van der Waals surface area contributed by atoms with Crippen LogP contribution in [0.2, 0.25) is 0 Å². The molecule has 2 N–H and O–H groups in total. The number of hydrogen-bond donors (Lipinski definition) is 2. The summed E-state index contributed by atoms with van der Waals surface area (Å²) in [5.41, 5.74) is 3.42. The fourth-order valence-corrected chi connectivity index (χ4v) is 3.40. The summed E-state index contributed by atoms with van der Waals surface area (Å²) in [4.78, 5) is 37.0. The molecule has 7 heteroatoms. The Morgan fingerprint density at radius 2 is 1.66 bits per heavy atom. The van der Waals surface area contributed by atoms with E-state index in [1.807, 2.05) is 37.4 Å². The third kappa shape index (κ3) is 5.76. The third-order valence-electron chi connectivity index (χ3n) is 3.94. The second-order valence-electron chi connectivity index (χ2n) is 6.51. The standard InChI is InChI=1S/C22H20N2O4S/c1-14-9-15(2)11-18(10-14)23-20(25)13-28-22(27)16-5-3-6-17(12-16)24-21(26)19-7-4-8-29-19/h3-12H,13H2,1-2H3,(H,23,25)(H,24,26). The maximum Gasteiger partial charge on any atom is 0.338 e. The fraction of sp³-hybridized carbons (Fsp3) is 0.136.